The van der Waals surface area contributed by atoms with Crippen molar-refractivity contribution in [1.82, 2.24) is 4.90 Å². The molecule has 94 valence electrons. The van der Waals surface area contributed by atoms with Gasteiger partial charge in [-0.2, -0.15) is 11.8 Å². The number of benzene rings is 1. The van der Waals surface area contributed by atoms with E-state index >= 15 is 0 Å². The average molecular weight is 255 g/mol. The van der Waals surface area contributed by atoms with Crippen molar-refractivity contribution in [3.8, 4) is 0 Å². The van der Waals surface area contributed by atoms with Crippen molar-refractivity contribution in [1.29, 1.82) is 0 Å². The quantitative estimate of drug-likeness (QED) is 0.806. The summed E-state index contributed by atoms with van der Waals surface area (Å²) in [5, 5.41) is 3.25. The Balaban J connectivity index is 1.77. The molecule has 2 rings (SSSR count). The zero-order chi connectivity index (χ0) is 12.1. The molecule has 0 aliphatic carbocycles. The summed E-state index contributed by atoms with van der Waals surface area (Å²) in [6.45, 7) is 4.17. The molecular weight excluding hydrogens is 237 g/mol. The average Bonchev–Trinajstić information content (AvgIpc) is 2.33. The van der Waals surface area contributed by atoms with Crippen LogP contribution in [0, 0.1) is 5.82 Å². The van der Waals surface area contributed by atoms with Crippen LogP contribution in [0.4, 0.5) is 15.8 Å². The SMILES string of the molecule is Nc1cc(F)ccc1NCCN1CCSCC1. The molecule has 0 radical (unpaired) electrons. The van der Waals surface area contributed by atoms with E-state index in [1.165, 1.54) is 23.6 Å². The molecule has 3 N–H and O–H groups in total. The van der Waals surface area contributed by atoms with Gasteiger partial charge in [0.2, 0.25) is 0 Å². The molecule has 17 heavy (non-hydrogen) atoms. The number of anilines is 2. The van der Waals surface area contributed by atoms with Gasteiger partial charge < -0.3 is 11.1 Å². The van der Waals surface area contributed by atoms with Crippen molar-refractivity contribution in [2.24, 2.45) is 0 Å². The molecule has 1 aliphatic heterocycles. The maximum Gasteiger partial charge on any atom is 0.125 e. The summed E-state index contributed by atoms with van der Waals surface area (Å²) in [5.74, 6) is 2.15. The monoisotopic (exact) mass is 255 g/mol. The summed E-state index contributed by atoms with van der Waals surface area (Å²) in [4.78, 5) is 2.43. The van der Waals surface area contributed by atoms with Gasteiger partial charge in [0.05, 0.1) is 11.4 Å². The first-order chi connectivity index (χ1) is 8.25. The molecule has 1 heterocycles. The fourth-order valence-electron chi connectivity index (χ4n) is 1.87. The van der Waals surface area contributed by atoms with Crippen LogP contribution >= 0.6 is 11.8 Å². The lowest BCUT2D eigenvalue weighted by atomic mass is 10.2. The fourth-order valence-corrected chi connectivity index (χ4v) is 2.85. The molecule has 0 unspecified atom stereocenters. The van der Waals surface area contributed by atoms with Crippen molar-refractivity contribution in [3.63, 3.8) is 0 Å². The van der Waals surface area contributed by atoms with Crippen LogP contribution in [0.1, 0.15) is 0 Å². The molecule has 1 aliphatic rings. The van der Waals surface area contributed by atoms with Gasteiger partial charge in [0.1, 0.15) is 5.82 Å². The third-order valence-corrected chi connectivity index (χ3v) is 3.80. The van der Waals surface area contributed by atoms with Gasteiger partial charge in [-0.05, 0) is 18.2 Å². The Bertz CT molecular complexity index is 367. The normalized spacial score (nSPS) is 17.0. The number of hydrogen-bond acceptors (Lipinski definition) is 4. The Labute approximate surface area is 106 Å². The van der Waals surface area contributed by atoms with E-state index in [1.54, 1.807) is 6.07 Å². The number of rotatable bonds is 4. The van der Waals surface area contributed by atoms with Gasteiger partial charge >= 0.3 is 0 Å². The number of nitrogen functional groups attached to an aromatic ring is 1. The summed E-state index contributed by atoms with van der Waals surface area (Å²) in [6, 6.07) is 4.47. The van der Waals surface area contributed by atoms with Gasteiger partial charge in [-0.1, -0.05) is 0 Å². The van der Waals surface area contributed by atoms with Crippen molar-refractivity contribution in [3.05, 3.63) is 24.0 Å². The molecule has 1 fully saturated rings. The zero-order valence-corrected chi connectivity index (χ0v) is 10.6. The van der Waals surface area contributed by atoms with E-state index in [-0.39, 0.29) is 5.82 Å². The second-order valence-electron chi connectivity index (χ2n) is 4.11. The lowest BCUT2D eigenvalue weighted by Crippen LogP contribution is -2.36. The lowest BCUT2D eigenvalue weighted by molar-refractivity contribution is 0.314. The minimum atomic E-state index is -0.291. The highest BCUT2D eigenvalue weighted by Gasteiger charge is 2.09. The molecule has 0 saturated carbocycles. The minimum Gasteiger partial charge on any atom is -0.397 e. The molecule has 0 spiro atoms. The van der Waals surface area contributed by atoms with Gasteiger partial charge in [-0.15, -0.1) is 0 Å². The minimum absolute atomic E-state index is 0.291. The smallest absolute Gasteiger partial charge is 0.125 e. The summed E-state index contributed by atoms with van der Waals surface area (Å²) in [5.41, 5.74) is 7.01. The van der Waals surface area contributed by atoms with Crippen LogP contribution in [0.2, 0.25) is 0 Å². The molecule has 3 nitrogen and oxygen atoms in total. The van der Waals surface area contributed by atoms with Gasteiger partial charge in [0.15, 0.2) is 0 Å². The van der Waals surface area contributed by atoms with Crippen LogP contribution in [0.3, 0.4) is 0 Å². The van der Waals surface area contributed by atoms with Crippen molar-refractivity contribution in [2.75, 3.05) is 48.7 Å². The molecule has 0 bridgehead atoms. The van der Waals surface area contributed by atoms with Crippen LogP contribution in [-0.4, -0.2) is 42.6 Å². The van der Waals surface area contributed by atoms with E-state index in [0.717, 1.165) is 31.9 Å². The Kier molecular flexibility index (Phi) is 4.50. The van der Waals surface area contributed by atoms with Gasteiger partial charge in [-0.3, -0.25) is 4.90 Å². The lowest BCUT2D eigenvalue weighted by Gasteiger charge is -2.26. The number of nitrogens with zero attached hydrogens (tertiary/aromatic N) is 1. The summed E-state index contributed by atoms with van der Waals surface area (Å²) in [6.07, 6.45) is 0. The molecule has 0 amide bonds. The molecule has 0 atom stereocenters. The predicted molar refractivity (Wildman–Crippen MR) is 73.1 cm³/mol. The number of nitrogens with two attached hydrogens (primary N) is 1. The topological polar surface area (TPSA) is 41.3 Å². The van der Waals surface area contributed by atoms with Crippen molar-refractivity contribution in [2.45, 2.75) is 0 Å². The third-order valence-electron chi connectivity index (χ3n) is 2.86. The largest absolute Gasteiger partial charge is 0.397 e. The molecule has 5 heteroatoms. The predicted octanol–water partition coefficient (Wildman–Crippen LogP) is 1.87. The van der Waals surface area contributed by atoms with E-state index in [1.807, 2.05) is 11.8 Å². The summed E-state index contributed by atoms with van der Waals surface area (Å²) < 4.78 is 12.8. The molecule has 1 saturated heterocycles. The van der Waals surface area contributed by atoms with Crippen molar-refractivity contribution < 1.29 is 4.39 Å². The highest BCUT2D eigenvalue weighted by atomic mass is 32.2. The standard InChI is InChI=1S/C12H18FN3S/c13-10-1-2-12(11(14)9-10)15-3-4-16-5-7-17-8-6-16/h1-2,9,15H,3-8,14H2. The van der Waals surface area contributed by atoms with Crippen LogP contribution in [0.25, 0.3) is 0 Å². The molecular formula is C12H18FN3S. The number of halogens is 1. The summed E-state index contributed by atoms with van der Waals surface area (Å²) in [7, 11) is 0. The third kappa shape index (κ3) is 3.78. The number of thioether (sulfide) groups is 1. The van der Waals surface area contributed by atoms with Crippen LogP contribution in [-0.2, 0) is 0 Å². The second kappa shape index (κ2) is 6.12. The highest BCUT2D eigenvalue weighted by molar-refractivity contribution is 7.99. The van der Waals surface area contributed by atoms with Gasteiger partial charge in [0, 0.05) is 37.7 Å². The molecule has 1 aromatic rings. The van der Waals surface area contributed by atoms with E-state index in [0.29, 0.717) is 5.69 Å². The number of hydrogen-bond donors (Lipinski definition) is 2. The Morgan fingerprint density at radius 2 is 2.12 bits per heavy atom. The Hall–Kier alpha value is -0.940. The van der Waals surface area contributed by atoms with E-state index in [2.05, 4.69) is 10.2 Å². The van der Waals surface area contributed by atoms with Gasteiger partial charge in [-0.25, -0.2) is 4.39 Å². The first kappa shape index (κ1) is 12.5. The second-order valence-corrected chi connectivity index (χ2v) is 5.34. The van der Waals surface area contributed by atoms with Gasteiger partial charge in [0.25, 0.3) is 0 Å². The maximum absolute atomic E-state index is 12.8. The van der Waals surface area contributed by atoms with Crippen LogP contribution in [0.15, 0.2) is 18.2 Å². The molecule has 0 aromatic heterocycles. The van der Waals surface area contributed by atoms with Crippen LogP contribution < -0.4 is 11.1 Å². The Morgan fingerprint density at radius 1 is 1.35 bits per heavy atom. The first-order valence-electron chi connectivity index (χ1n) is 5.85. The van der Waals surface area contributed by atoms with E-state index in [4.69, 9.17) is 5.73 Å². The maximum atomic E-state index is 12.8. The highest BCUT2D eigenvalue weighted by Crippen LogP contribution is 2.18. The zero-order valence-electron chi connectivity index (χ0n) is 9.79. The first-order valence-corrected chi connectivity index (χ1v) is 7.00. The summed E-state index contributed by atoms with van der Waals surface area (Å²) >= 11 is 2.01. The van der Waals surface area contributed by atoms with Crippen molar-refractivity contribution >= 4 is 23.1 Å². The Morgan fingerprint density at radius 3 is 2.82 bits per heavy atom. The van der Waals surface area contributed by atoms with E-state index < -0.39 is 0 Å². The molecule has 1 aromatic carbocycles. The van der Waals surface area contributed by atoms with E-state index in [9.17, 15) is 4.39 Å². The fraction of sp³-hybridized carbons (Fsp3) is 0.500. The van der Waals surface area contributed by atoms with Crippen LogP contribution in [0.5, 0.6) is 0 Å². The number of nitrogens with one attached hydrogen (secondary N) is 1.